The molecule has 0 spiro atoms. The van der Waals surface area contributed by atoms with Crippen molar-refractivity contribution in [2.45, 2.75) is 25.4 Å². The summed E-state index contributed by atoms with van der Waals surface area (Å²) >= 11 is 0. The Morgan fingerprint density at radius 2 is 1.92 bits per heavy atom. The van der Waals surface area contributed by atoms with E-state index in [9.17, 15) is 9.59 Å². The third-order valence-electron chi connectivity index (χ3n) is 4.76. The summed E-state index contributed by atoms with van der Waals surface area (Å²) in [6.07, 6.45) is 2.01. The molecule has 1 aliphatic rings. The Morgan fingerprint density at radius 3 is 2.60 bits per heavy atom. The van der Waals surface area contributed by atoms with Crippen LogP contribution in [0.15, 0.2) is 35.1 Å². The van der Waals surface area contributed by atoms with E-state index < -0.39 is 0 Å². The van der Waals surface area contributed by atoms with Gasteiger partial charge in [0.05, 0.1) is 11.1 Å². The molecule has 7 heteroatoms. The van der Waals surface area contributed by atoms with Gasteiger partial charge in [0.15, 0.2) is 0 Å². The number of carbonyl (C=O) groups is 1. The highest BCUT2D eigenvalue weighted by Gasteiger charge is 2.17. The van der Waals surface area contributed by atoms with Crippen LogP contribution in [-0.2, 0) is 6.54 Å². The fourth-order valence-corrected chi connectivity index (χ4v) is 3.31. The minimum atomic E-state index is -0.236. The number of nitrogens with two attached hydrogens (primary N) is 1. The first-order chi connectivity index (χ1) is 11.6. The fraction of sp³-hybridized carbons (Fsp3) is 0.444. The maximum Gasteiger partial charge on any atom is 0.251 e. The number of carbonyl (C=O) groups excluding carboxylic acids is 1. The highest BCUT2D eigenvalue weighted by Crippen LogP contribution is 2.17. The fourth-order valence-electron chi connectivity index (χ4n) is 3.31. The standard InChI is InChI=1S/C18H24N4O2.ClH/c1-20-18(24)15-12-17(23)22(16-5-3-2-4-14(15)16)11-10-21-8-6-13(19)7-9-21;/h2-5,12-13H,6-11,19H2,1H3,(H,20,24);1H. The molecular formula is C18H25ClN4O2. The number of nitrogens with zero attached hydrogens (tertiary/aromatic N) is 2. The number of fused-ring (bicyclic) bond motifs is 1. The first-order valence-corrected chi connectivity index (χ1v) is 8.42. The molecular weight excluding hydrogens is 340 g/mol. The van der Waals surface area contributed by atoms with E-state index in [4.69, 9.17) is 5.73 Å². The van der Waals surface area contributed by atoms with Gasteiger partial charge in [0.25, 0.3) is 11.5 Å². The van der Waals surface area contributed by atoms with Crippen LogP contribution in [0.5, 0.6) is 0 Å². The normalized spacial score (nSPS) is 15.8. The van der Waals surface area contributed by atoms with E-state index in [2.05, 4.69) is 10.2 Å². The highest BCUT2D eigenvalue weighted by molar-refractivity contribution is 6.05. The van der Waals surface area contributed by atoms with Crippen LogP contribution in [-0.4, -0.2) is 48.1 Å². The molecule has 0 unspecified atom stereocenters. The summed E-state index contributed by atoms with van der Waals surface area (Å²) in [7, 11) is 1.57. The van der Waals surface area contributed by atoms with Crippen molar-refractivity contribution in [3.8, 4) is 0 Å². The number of piperidine rings is 1. The molecule has 2 heterocycles. The average Bonchev–Trinajstić information content (AvgIpc) is 2.61. The van der Waals surface area contributed by atoms with Crippen molar-refractivity contribution >= 4 is 29.2 Å². The molecule has 1 aromatic heterocycles. The molecule has 1 amide bonds. The summed E-state index contributed by atoms with van der Waals surface area (Å²) in [5.74, 6) is -0.236. The van der Waals surface area contributed by atoms with Gasteiger partial charge in [0, 0.05) is 37.6 Å². The summed E-state index contributed by atoms with van der Waals surface area (Å²) < 4.78 is 1.76. The van der Waals surface area contributed by atoms with Crippen LogP contribution in [0, 0.1) is 0 Å². The number of rotatable bonds is 4. The number of amides is 1. The molecule has 0 saturated carbocycles. The molecule has 136 valence electrons. The smallest absolute Gasteiger partial charge is 0.251 e. The van der Waals surface area contributed by atoms with Crippen molar-refractivity contribution in [2.75, 3.05) is 26.7 Å². The predicted octanol–water partition coefficient (Wildman–Crippen LogP) is 1.21. The van der Waals surface area contributed by atoms with Crippen molar-refractivity contribution in [2.24, 2.45) is 5.73 Å². The molecule has 2 aromatic rings. The Balaban J connectivity index is 0.00000225. The maximum absolute atomic E-state index is 12.5. The molecule has 1 aliphatic heterocycles. The van der Waals surface area contributed by atoms with Crippen molar-refractivity contribution in [3.63, 3.8) is 0 Å². The van der Waals surface area contributed by atoms with Crippen LogP contribution in [0.25, 0.3) is 10.9 Å². The lowest BCUT2D eigenvalue weighted by molar-refractivity contribution is 0.0964. The average molecular weight is 365 g/mol. The molecule has 3 rings (SSSR count). The Bertz CT molecular complexity index is 797. The van der Waals surface area contributed by atoms with Gasteiger partial charge >= 0.3 is 0 Å². The molecule has 1 fully saturated rings. The van der Waals surface area contributed by atoms with Crippen molar-refractivity contribution in [1.82, 2.24) is 14.8 Å². The first kappa shape index (κ1) is 19.4. The summed E-state index contributed by atoms with van der Waals surface area (Å²) in [5.41, 5.74) is 7.04. The number of hydrogen-bond acceptors (Lipinski definition) is 4. The topological polar surface area (TPSA) is 80.4 Å². The van der Waals surface area contributed by atoms with E-state index >= 15 is 0 Å². The third-order valence-corrected chi connectivity index (χ3v) is 4.76. The van der Waals surface area contributed by atoms with Crippen LogP contribution in [0.2, 0.25) is 0 Å². The SMILES string of the molecule is CNC(=O)c1cc(=O)n(CCN2CCC(N)CC2)c2ccccc12.Cl. The minimum Gasteiger partial charge on any atom is -0.355 e. The highest BCUT2D eigenvalue weighted by atomic mass is 35.5. The van der Waals surface area contributed by atoms with Gasteiger partial charge in [-0.05, 0) is 32.0 Å². The Kier molecular flexibility index (Phi) is 6.58. The second kappa shape index (κ2) is 8.47. The quantitative estimate of drug-likeness (QED) is 0.854. The van der Waals surface area contributed by atoms with Gasteiger partial charge in [-0.25, -0.2) is 0 Å². The number of benzene rings is 1. The number of hydrogen-bond donors (Lipinski definition) is 2. The number of pyridine rings is 1. The Hall–Kier alpha value is -1.89. The van der Waals surface area contributed by atoms with Gasteiger partial charge in [0.2, 0.25) is 0 Å². The van der Waals surface area contributed by atoms with Gasteiger partial charge in [-0.15, -0.1) is 12.4 Å². The second-order valence-corrected chi connectivity index (χ2v) is 6.32. The molecule has 0 atom stereocenters. The largest absolute Gasteiger partial charge is 0.355 e. The van der Waals surface area contributed by atoms with Crippen LogP contribution in [0.1, 0.15) is 23.2 Å². The van der Waals surface area contributed by atoms with Crippen molar-refractivity contribution in [3.05, 3.63) is 46.2 Å². The zero-order valence-corrected chi connectivity index (χ0v) is 15.2. The number of likely N-dealkylation sites (tertiary alicyclic amines) is 1. The van der Waals surface area contributed by atoms with E-state index in [0.717, 1.165) is 43.4 Å². The molecule has 0 bridgehead atoms. The van der Waals surface area contributed by atoms with E-state index in [0.29, 0.717) is 18.2 Å². The molecule has 3 N–H and O–H groups in total. The van der Waals surface area contributed by atoms with Crippen molar-refractivity contribution in [1.29, 1.82) is 0 Å². The minimum absolute atomic E-state index is 0. The molecule has 1 saturated heterocycles. The summed E-state index contributed by atoms with van der Waals surface area (Å²) in [6.45, 7) is 3.38. The first-order valence-electron chi connectivity index (χ1n) is 8.42. The lowest BCUT2D eigenvalue weighted by Gasteiger charge is -2.30. The molecule has 0 aliphatic carbocycles. The van der Waals surface area contributed by atoms with Crippen LogP contribution < -0.4 is 16.6 Å². The summed E-state index contributed by atoms with van der Waals surface area (Å²) in [4.78, 5) is 26.9. The van der Waals surface area contributed by atoms with Gasteiger partial charge in [-0.2, -0.15) is 0 Å². The van der Waals surface area contributed by atoms with Crippen LogP contribution in [0.3, 0.4) is 0 Å². The zero-order valence-electron chi connectivity index (χ0n) is 14.4. The van der Waals surface area contributed by atoms with E-state index in [-0.39, 0.29) is 23.9 Å². The van der Waals surface area contributed by atoms with E-state index in [1.807, 2.05) is 24.3 Å². The monoisotopic (exact) mass is 364 g/mol. The van der Waals surface area contributed by atoms with Gasteiger partial charge in [-0.1, -0.05) is 18.2 Å². The second-order valence-electron chi connectivity index (χ2n) is 6.32. The van der Waals surface area contributed by atoms with Crippen LogP contribution >= 0.6 is 12.4 Å². The molecule has 1 aromatic carbocycles. The summed E-state index contributed by atoms with van der Waals surface area (Å²) in [6, 6.07) is 9.30. The van der Waals surface area contributed by atoms with Crippen molar-refractivity contribution < 1.29 is 4.79 Å². The van der Waals surface area contributed by atoms with Gasteiger partial charge < -0.3 is 20.5 Å². The lowest BCUT2D eigenvalue weighted by Crippen LogP contribution is -2.41. The zero-order chi connectivity index (χ0) is 17.1. The van der Waals surface area contributed by atoms with E-state index in [1.54, 1.807) is 11.6 Å². The van der Waals surface area contributed by atoms with Gasteiger partial charge in [-0.3, -0.25) is 9.59 Å². The molecule has 6 nitrogen and oxygen atoms in total. The number of para-hydroxylation sites is 1. The summed E-state index contributed by atoms with van der Waals surface area (Å²) in [5, 5.41) is 3.40. The van der Waals surface area contributed by atoms with Crippen LogP contribution in [0.4, 0.5) is 0 Å². The van der Waals surface area contributed by atoms with E-state index in [1.165, 1.54) is 6.07 Å². The molecule has 0 radical (unpaired) electrons. The Morgan fingerprint density at radius 1 is 1.24 bits per heavy atom. The third kappa shape index (κ3) is 4.21. The van der Waals surface area contributed by atoms with Gasteiger partial charge in [0.1, 0.15) is 0 Å². The Labute approximate surface area is 153 Å². The predicted molar refractivity (Wildman–Crippen MR) is 102 cm³/mol. The number of nitrogens with one attached hydrogen (secondary N) is 1. The lowest BCUT2D eigenvalue weighted by atomic mass is 10.1. The maximum atomic E-state index is 12.5. The molecule has 25 heavy (non-hydrogen) atoms. The number of aromatic nitrogens is 1. The number of halogens is 1.